The number of hydrogen-bond donors (Lipinski definition) is 1. The van der Waals surface area contributed by atoms with E-state index in [2.05, 4.69) is 33.4 Å². The summed E-state index contributed by atoms with van der Waals surface area (Å²) >= 11 is 0. The molecular weight excluding hydrogens is 198 g/mol. The molecule has 1 aromatic carbocycles. The van der Waals surface area contributed by atoms with Crippen molar-refractivity contribution in [3.05, 3.63) is 29.8 Å². The van der Waals surface area contributed by atoms with Crippen LogP contribution in [0.3, 0.4) is 0 Å². The summed E-state index contributed by atoms with van der Waals surface area (Å²) in [5.41, 5.74) is 2.46. The lowest BCUT2D eigenvalue weighted by molar-refractivity contribution is 0.368. The SMILES string of the molecule is C1=Nc2ccccc2CN1C[C@@H]1CCCN1. The number of benzene rings is 1. The third kappa shape index (κ3) is 1.95. The van der Waals surface area contributed by atoms with Crippen molar-refractivity contribution in [2.24, 2.45) is 4.99 Å². The quantitative estimate of drug-likeness (QED) is 0.816. The first-order valence-electron chi connectivity index (χ1n) is 6.01. The molecule has 3 nitrogen and oxygen atoms in total. The van der Waals surface area contributed by atoms with Gasteiger partial charge in [-0.1, -0.05) is 18.2 Å². The van der Waals surface area contributed by atoms with Gasteiger partial charge in [0, 0.05) is 19.1 Å². The van der Waals surface area contributed by atoms with Crippen LogP contribution < -0.4 is 5.32 Å². The summed E-state index contributed by atoms with van der Waals surface area (Å²) in [4.78, 5) is 6.80. The Kier molecular flexibility index (Phi) is 2.62. The lowest BCUT2D eigenvalue weighted by Gasteiger charge is -2.26. The molecular formula is C13H17N3. The van der Waals surface area contributed by atoms with Crippen molar-refractivity contribution in [2.75, 3.05) is 13.1 Å². The second kappa shape index (κ2) is 4.26. The standard InChI is InChI=1S/C13H17N3/c1-2-6-13-11(4-1)8-16(10-15-13)9-12-5-3-7-14-12/h1-2,4,6,10,12,14H,3,5,7-9H2/t12-/m0/s1. The third-order valence-corrected chi connectivity index (χ3v) is 3.34. The number of fused-ring (bicyclic) bond motifs is 1. The number of nitrogens with zero attached hydrogens (tertiary/aromatic N) is 2. The highest BCUT2D eigenvalue weighted by Gasteiger charge is 2.18. The molecule has 0 aromatic heterocycles. The van der Waals surface area contributed by atoms with Crippen molar-refractivity contribution in [3.8, 4) is 0 Å². The Bertz CT molecular complexity index is 394. The van der Waals surface area contributed by atoms with Gasteiger partial charge < -0.3 is 10.2 Å². The van der Waals surface area contributed by atoms with Gasteiger partial charge in [-0.15, -0.1) is 0 Å². The minimum absolute atomic E-state index is 0.650. The van der Waals surface area contributed by atoms with E-state index >= 15 is 0 Å². The summed E-state index contributed by atoms with van der Waals surface area (Å²) < 4.78 is 0. The Labute approximate surface area is 96.2 Å². The first-order valence-corrected chi connectivity index (χ1v) is 6.01. The van der Waals surface area contributed by atoms with Crippen LogP contribution in [-0.4, -0.2) is 30.4 Å². The fourth-order valence-electron chi connectivity index (χ4n) is 2.48. The maximum atomic E-state index is 4.49. The summed E-state index contributed by atoms with van der Waals surface area (Å²) in [6, 6.07) is 9.03. The van der Waals surface area contributed by atoms with Crippen LogP contribution in [-0.2, 0) is 6.54 Å². The number of hydrogen-bond acceptors (Lipinski definition) is 3. The van der Waals surface area contributed by atoms with Crippen LogP contribution in [0, 0.1) is 0 Å². The van der Waals surface area contributed by atoms with E-state index in [4.69, 9.17) is 0 Å². The monoisotopic (exact) mass is 215 g/mol. The van der Waals surface area contributed by atoms with Gasteiger partial charge in [0.15, 0.2) is 0 Å². The smallest absolute Gasteiger partial charge is 0.0916 e. The van der Waals surface area contributed by atoms with Gasteiger partial charge in [-0.2, -0.15) is 0 Å². The zero-order chi connectivity index (χ0) is 10.8. The van der Waals surface area contributed by atoms with Gasteiger partial charge in [0.1, 0.15) is 0 Å². The van der Waals surface area contributed by atoms with Crippen molar-refractivity contribution in [1.82, 2.24) is 10.2 Å². The number of rotatable bonds is 2. The van der Waals surface area contributed by atoms with E-state index < -0.39 is 0 Å². The number of nitrogens with one attached hydrogen (secondary N) is 1. The van der Waals surface area contributed by atoms with Crippen molar-refractivity contribution < 1.29 is 0 Å². The van der Waals surface area contributed by atoms with Crippen molar-refractivity contribution in [1.29, 1.82) is 0 Å². The topological polar surface area (TPSA) is 27.6 Å². The molecule has 1 N–H and O–H groups in total. The largest absolute Gasteiger partial charge is 0.357 e. The Morgan fingerprint density at radius 2 is 2.31 bits per heavy atom. The van der Waals surface area contributed by atoms with Gasteiger partial charge in [-0.05, 0) is 31.0 Å². The van der Waals surface area contributed by atoms with E-state index in [1.165, 1.54) is 24.9 Å². The predicted octanol–water partition coefficient (Wildman–Crippen LogP) is 1.91. The molecule has 1 aromatic rings. The van der Waals surface area contributed by atoms with Crippen LogP contribution >= 0.6 is 0 Å². The number of aliphatic imine (C=N–C) groups is 1. The van der Waals surface area contributed by atoms with E-state index in [1.807, 2.05) is 12.4 Å². The lowest BCUT2D eigenvalue weighted by Crippen LogP contribution is -2.37. The molecule has 84 valence electrons. The molecule has 0 unspecified atom stereocenters. The molecule has 2 heterocycles. The molecule has 3 rings (SSSR count). The summed E-state index contributed by atoms with van der Waals surface area (Å²) in [6.07, 6.45) is 4.60. The van der Waals surface area contributed by atoms with E-state index in [0.29, 0.717) is 6.04 Å². The Hall–Kier alpha value is -1.35. The van der Waals surface area contributed by atoms with Crippen molar-refractivity contribution in [3.63, 3.8) is 0 Å². The van der Waals surface area contributed by atoms with Gasteiger partial charge in [0.05, 0.1) is 12.0 Å². The maximum Gasteiger partial charge on any atom is 0.0916 e. The molecule has 1 saturated heterocycles. The Morgan fingerprint density at radius 1 is 1.38 bits per heavy atom. The van der Waals surface area contributed by atoms with Gasteiger partial charge >= 0.3 is 0 Å². The molecule has 0 saturated carbocycles. The van der Waals surface area contributed by atoms with E-state index in [-0.39, 0.29) is 0 Å². The zero-order valence-corrected chi connectivity index (χ0v) is 9.39. The first-order chi connectivity index (χ1) is 7.92. The molecule has 16 heavy (non-hydrogen) atoms. The molecule has 2 aliphatic rings. The molecule has 0 amide bonds. The molecule has 0 bridgehead atoms. The average Bonchev–Trinajstić information content (AvgIpc) is 2.82. The summed E-state index contributed by atoms with van der Waals surface area (Å²) in [7, 11) is 0. The second-order valence-corrected chi connectivity index (χ2v) is 4.60. The fourth-order valence-corrected chi connectivity index (χ4v) is 2.48. The van der Waals surface area contributed by atoms with Crippen molar-refractivity contribution in [2.45, 2.75) is 25.4 Å². The van der Waals surface area contributed by atoms with Crippen LogP contribution in [0.1, 0.15) is 18.4 Å². The minimum Gasteiger partial charge on any atom is -0.357 e. The fraction of sp³-hybridized carbons (Fsp3) is 0.462. The van der Waals surface area contributed by atoms with Crippen LogP contribution in [0.4, 0.5) is 5.69 Å². The van der Waals surface area contributed by atoms with Crippen LogP contribution in [0.5, 0.6) is 0 Å². The average molecular weight is 215 g/mol. The molecule has 1 fully saturated rings. The van der Waals surface area contributed by atoms with Gasteiger partial charge in [0.2, 0.25) is 0 Å². The zero-order valence-electron chi connectivity index (χ0n) is 9.39. The van der Waals surface area contributed by atoms with E-state index in [1.54, 1.807) is 0 Å². The highest BCUT2D eigenvalue weighted by atomic mass is 15.2. The summed E-state index contributed by atoms with van der Waals surface area (Å²) in [5.74, 6) is 0. The van der Waals surface area contributed by atoms with E-state index in [9.17, 15) is 0 Å². The Morgan fingerprint density at radius 3 is 3.19 bits per heavy atom. The predicted molar refractivity (Wildman–Crippen MR) is 66.0 cm³/mol. The van der Waals surface area contributed by atoms with Crippen LogP contribution in [0.15, 0.2) is 29.3 Å². The second-order valence-electron chi connectivity index (χ2n) is 4.60. The first kappa shape index (κ1) is 9.85. The highest BCUT2D eigenvalue weighted by molar-refractivity contribution is 5.66. The summed E-state index contributed by atoms with van der Waals surface area (Å²) in [6.45, 7) is 3.25. The molecule has 2 aliphatic heterocycles. The van der Waals surface area contributed by atoms with E-state index in [0.717, 1.165) is 18.8 Å². The molecule has 0 spiro atoms. The van der Waals surface area contributed by atoms with Gasteiger partial charge in [0.25, 0.3) is 0 Å². The highest BCUT2D eigenvalue weighted by Crippen LogP contribution is 2.23. The lowest BCUT2D eigenvalue weighted by atomic mass is 10.1. The molecule has 1 atom stereocenters. The summed E-state index contributed by atoms with van der Waals surface area (Å²) in [5, 5.41) is 3.52. The van der Waals surface area contributed by atoms with Gasteiger partial charge in [-0.3, -0.25) is 0 Å². The number of para-hydroxylation sites is 1. The normalized spacial score (nSPS) is 23.5. The minimum atomic E-state index is 0.650. The van der Waals surface area contributed by atoms with Crippen molar-refractivity contribution >= 4 is 12.0 Å². The van der Waals surface area contributed by atoms with Crippen LogP contribution in [0.25, 0.3) is 0 Å². The van der Waals surface area contributed by atoms with Gasteiger partial charge in [-0.25, -0.2) is 4.99 Å². The Balaban J connectivity index is 1.68. The molecule has 3 heteroatoms. The third-order valence-electron chi connectivity index (χ3n) is 3.34. The molecule has 0 radical (unpaired) electrons. The maximum absolute atomic E-state index is 4.49. The van der Waals surface area contributed by atoms with Crippen LogP contribution in [0.2, 0.25) is 0 Å². The molecule has 0 aliphatic carbocycles.